The zero-order valence-electron chi connectivity index (χ0n) is 15.8. The molecular formula is C20H15F3N6O. The number of hydrogen-bond donors (Lipinski definition) is 0. The van der Waals surface area contributed by atoms with Crippen molar-refractivity contribution in [3.05, 3.63) is 70.9 Å². The summed E-state index contributed by atoms with van der Waals surface area (Å²) in [4.78, 5) is 14.6. The highest BCUT2D eigenvalue weighted by Gasteiger charge is 2.30. The first kappa shape index (κ1) is 18.3. The first-order valence-electron chi connectivity index (χ1n) is 9.23. The molecule has 10 heteroatoms. The van der Waals surface area contributed by atoms with Gasteiger partial charge in [0.2, 0.25) is 0 Å². The monoisotopic (exact) mass is 412 g/mol. The molecule has 152 valence electrons. The largest absolute Gasteiger partial charge is 0.331 e. The Labute approximate surface area is 168 Å². The van der Waals surface area contributed by atoms with E-state index in [1.165, 1.54) is 9.20 Å². The van der Waals surface area contributed by atoms with Gasteiger partial charge in [-0.25, -0.2) is 17.7 Å². The van der Waals surface area contributed by atoms with E-state index in [1.54, 1.807) is 36.3 Å². The molecule has 0 unspecified atom stereocenters. The van der Waals surface area contributed by atoms with Gasteiger partial charge in [0.1, 0.15) is 0 Å². The van der Waals surface area contributed by atoms with Gasteiger partial charge in [0, 0.05) is 30.9 Å². The minimum absolute atomic E-state index is 0.201. The van der Waals surface area contributed by atoms with E-state index >= 15 is 0 Å². The van der Waals surface area contributed by atoms with Crippen molar-refractivity contribution >= 4 is 11.4 Å². The summed E-state index contributed by atoms with van der Waals surface area (Å²) in [5.74, 6) is -4.29. The summed E-state index contributed by atoms with van der Waals surface area (Å²) in [5.41, 5.74) is 2.95. The van der Waals surface area contributed by atoms with Gasteiger partial charge in [-0.05, 0) is 30.7 Å². The predicted molar refractivity (Wildman–Crippen MR) is 99.9 cm³/mol. The fourth-order valence-electron chi connectivity index (χ4n) is 3.89. The van der Waals surface area contributed by atoms with Crippen LogP contribution < -0.4 is 0 Å². The molecule has 4 heterocycles. The molecule has 3 aromatic heterocycles. The van der Waals surface area contributed by atoms with E-state index in [0.717, 1.165) is 17.7 Å². The van der Waals surface area contributed by atoms with Crippen molar-refractivity contribution in [1.29, 1.82) is 0 Å². The second-order valence-corrected chi connectivity index (χ2v) is 7.10. The highest BCUT2D eigenvalue weighted by Crippen LogP contribution is 2.32. The maximum absolute atomic E-state index is 13.7. The van der Waals surface area contributed by atoms with Crippen LogP contribution in [0.25, 0.3) is 16.8 Å². The van der Waals surface area contributed by atoms with Gasteiger partial charge >= 0.3 is 0 Å². The number of nitrogens with zero attached hydrogens (tertiary/aromatic N) is 6. The van der Waals surface area contributed by atoms with Crippen LogP contribution in [-0.2, 0) is 20.0 Å². The second-order valence-electron chi connectivity index (χ2n) is 7.10. The Kier molecular flexibility index (Phi) is 4.09. The highest BCUT2D eigenvalue weighted by atomic mass is 19.2. The molecule has 0 fully saturated rings. The Morgan fingerprint density at radius 2 is 1.90 bits per heavy atom. The first-order chi connectivity index (χ1) is 14.4. The quantitative estimate of drug-likeness (QED) is 0.475. The number of halogens is 3. The Bertz CT molecular complexity index is 1290. The number of aryl methyl sites for hydroxylation is 1. The molecule has 0 radical (unpaired) electrons. The molecule has 0 aliphatic carbocycles. The van der Waals surface area contributed by atoms with Gasteiger partial charge in [-0.2, -0.15) is 5.10 Å². The van der Waals surface area contributed by atoms with Crippen LogP contribution in [0.15, 0.2) is 36.5 Å². The number of rotatable bonds is 2. The summed E-state index contributed by atoms with van der Waals surface area (Å²) in [6, 6.07) is 7.26. The lowest BCUT2D eigenvalue weighted by molar-refractivity contribution is 0.0728. The van der Waals surface area contributed by atoms with Crippen molar-refractivity contribution < 1.29 is 18.0 Å². The molecule has 0 atom stereocenters. The maximum Gasteiger partial charge on any atom is 0.277 e. The van der Waals surface area contributed by atoms with E-state index in [-0.39, 0.29) is 23.7 Å². The summed E-state index contributed by atoms with van der Waals surface area (Å²) in [7, 11) is 1.64. The standard InChI is InChI=1S/C20H15F3N6O/c1-27-19(11-8-13(21)17(23)14(22)9-11)12-5-7-28(10-15(12)25-27)20(30)18-16-4-2-3-6-29(16)26-24-18/h2-4,6,8-9H,5,7,10H2,1H3. The van der Waals surface area contributed by atoms with Crippen LogP contribution in [0.5, 0.6) is 0 Å². The molecule has 1 amide bonds. The van der Waals surface area contributed by atoms with E-state index in [2.05, 4.69) is 15.4 Å². The van der Waals surface area contributed by atoms with Gasteiger partial charge < -0.3 is 4.90 Å². The lowest BCUT2D eigenvalue weighted by atomic mass is 9.99. The number of hydrogen-bond acceptors (Lipinski definition) is 4. The van der Waals surface area contributed by atoms with Crippen LogP contribution in [0, 0.1) is 17.5 Å². The smallest absolute Gasteiger partial charge is 0.277 e. The van der Waals surface area contributed by atoms with Crippen LogP contribution in [0.4, 0.5) is 13.2 Å². The third-order valence-electron chi connectivity index (χ3n) is 5.27. The van der Waals surface area contributed by atoms with Crippen molar-refractivity contribution in [1.82, 2.24) is 29.5 Å². The van der Waals surface area contributed by atoms with Crippen LogP contribution in [0.3, 0.4) is 0 Å². The van der Waals surface area contributed by atoms with E-state index in [9.17, 15) is 18.0 Å². The van der Waals surface area contributed by atoms with E-state index < -0.39 is 17.5 Å². The van der Waals surface area contributed by atoms with Crippen molar-refractivity contribution in [2.45, 2.75) is 13.0 Å². The summed E-state index contributed by atoms with van der Waals surface area (Å²) in [6.07, 6.45) is 2.14. The number of benzene rings is 1. The van der Waals surface area contributed by atoms with Gasteiger partial charge in [-0.3, -0.25) is 9.48 Å². The van der Waals surface area contributed by atoms with E-state index in [4.69, 9.17) is 0 Å². The van der Waals surface area contributed by atoms with Crippen molar-refractivity contribution in [2.24, 2.45) is 7.05 Å². The van der Waals surface area contributed by atoms with Gasteiger partial charge in [0.15, 0.2) is 23.1 Å². The summed E-state index contributed by atoms with van der Waals surface area (Å²) < 4.78 is 43.8. The van der Waals surface area contributed by atoms with Gasteiger partial charge in [0.05, 0.1) is 23.4 Å². The first-order valence-corrected chi connectivity index (χ1v) is 9.23. The molecular weight excluding hydrogens is 397 g/mol. The second kappa shape index (κ2) is 6.68. The molecule has 4 aromatic rings. The number of carbonyl (C=O) groups excluding carboxylic acids is 1. The number of pyridine rings is 1. The number of amides is 1. The summed E-state index contributed by atoms with van der Waals surface area (Å²) in [5, 5.41) is 12.4. The van der Waals surface area contributed by atoms with Crippen molar-refractivity contribution in [2.75, 3.05) is 6.54 Å². The van der Waals surface area contributed by atoms with Crippen molar-refractivity contribution in [3.8, 4) is 11.3 Å². The van der Waals surface area contributed by atoms with E-state index in [1.807, 2.05) is 0 Å². The SMILES string of the molecule is Cn1nc2c(c1-c1cc(F)c(F)c(F)c1)CCN(C(=O)c1nnn3ccccc13)C2. The molecule has 1 aliphatic rings. The third kappa shape index (κ3) is 2.75. The van der Waals surface area contributed by atoms with Crippen LogP contribution in [0.2, 0.25) is 0 Å². The fraction of sp³-hybridized carbons (Fsp3) is 0.200. The molecule has 0 bridgehead atoms. The van der Waals surface area contributed by atoms with E-state index in [0.29, 0.717) is 29.9 Å². The molecule has 1 aliphatic heterocycles. The zero-order chi connectivity index (χ0) is 21.0. The zero-order valence-corrected chi connectivity index (χ0v) is 15.8. The maximum atomic E-state index is 13.7. The minimum Gasteiger partial charge on any atom is -0.331 e. The Hall–Kier alpha value is -3.69. The Morgan fingerprint density at radius 3 is 2.67 bits per heavy atom. The lowest BCUT2D eigenvalue weighted by Crippen LogP contribution is -2.36. The molecule has 30 heavy (non-hydrogen) atoms. The van der Waals surface area contributed by atoms with Crippen LogP contribution >= 0.6 is 0 Å². The minimum atomic E-state index is -1.51. The summed E-state index contributed by atoms with van der Waals surface area (Å²) >= 11 is 0. The Morgan fingerprint density at radius 1 is 1.13 bits per heavy atom. The molecule has 0 spiro atoms. The summed E-state index contributed by atoms with van der Waals surface area (Å²) in [6.45, 7) is 0.600. The van der Waals surface area contributed by atoms with Gasteiger partial charge in [-0.15, -0.1) is 5.10 Å². The molecule has 1 aromatic carbocycles. The molecule has 5 rings (SSSR count). The lowest BCUT2D eigenvalue weighted by Gasteiger charge is -2.26. The average Bonchev–Trinajstić information content (AvgIpc) is 3.30. The Balaban J connectivity index is 1.49. The molecule has 0 saturated carbocycles. The predicted octanol–water partition coefficient (Wildman–Crippen LogP) is 2.75. The fourth-order valence-corrected chi connectivity index (χ4v) is 3.89. The average molecular weight is 412 g/mol. The van der Waals surface area contributed by atoms with Gasteiger partial charge in [-0.1, -0.05) is 11.3 Å². The molecule has 7 nitrogen and oxygen atoms in total. The number of carbonyl (C=O) groups is 1. The van der Waals surface area contributed by atoms with Crippen molar-refractivity contribution in [3.63, 3.8) is 0 Å². The topological polar surface area (TPSA) is 68.3 Å². The molecule has 0 N–H and O–H groups in total. The van der Waals surface area contributed by atoms with Gasteiger partial charge in [0.25, 0.3) is 5.91 Å². The van der Waals surface area contributed by atoms with Crippen LogP contribution in [-0.4, -0.2) is 42.0 Å². The highest BCUT2D eigenvalue weighted by molar-refractivity contribution is 5.98. The number of aromatic nitrogens is 5. The normalized spacial score (nSPS) is 13.7. The third-order valence-corrected chi connectivity index (χ3v) is 5.27. The molecule has 0 saturated heterocycles. The number of fused-ring (bicyclic) bond motifs is 2. The van der Waals surface area contributed by atoms with Crippen LogP contribution in [0.1, 0.15) is 21.7 Å².